The fourth-order valence-electron chi connectivity index (χ4n) is 2.69. The van der Waals surface area contributed by atoms with Crippen LogP contribution in [0.5, 0.6) is 11.5 Å². The van der Waals surface area contributed by atoms with E-state index in [1.807, 2.05) is 11.9 Å². The van der Waals surface area contributed by atoms with Gasteiger partial charge >= 0.3 is 0 Å². The summed E-state index contributed by atoms with van der Waals surface area (Å²) in [5.74, 6) is 1.27. The van der Waals surface area contributed by atoms with E-state index in [4.69, 9.17) is 9.47 Å². The van der Waals surface area contributed by atoms with Crippen LogP contribution >= 0.6 is 12.4 Å². The lowest BCUT2D eigenvalue weighted by Crippen LogP contribution is -2.40. The summed E-state index contributed by atoms with van der Waals surface area (Å²) in [6, 6.07) is 5.57. The number of hydrogen-bond donors (Lipinski definition) is 1. The minimum absolute atomic E-state index is 0. The highest BCUT2D eigenvalue weighted by Gasteiger charge is 2.30. The number of halogens is 1. The molecule has 118 valence electrons. The zero-order chi connectivity index (χ0) is 14.5. The molecule has 0 aliphatic carbocycles. The van der Waals surface area contributed by atoms with Gasteiger partial charge < -0.3 is 19.7 Å². The number of nitrogens with one attached hydrogen (secondary N) is 1. The number of amides is 1. The van der Waals surface area contributed by atoms with Crippen LogP contribution in [0.15, 0.2) is 18.2 Å². The number of benzene rings is 1. The second-order valence-electron chi connectivity index (χ2n) is 4.92. The number of ether oxygens (including phenoxy) is 2. The van der Waals surface area contributed by atoms with Crippen LogP contribution in [0, 0.1) is 0 Å². The molecule has 0 radical (unpaired) electrons. The fraction of sp³-hybridized carbons (Fsp3) is 0.533. The summed E-state index contributed by atoms with van der Waals surface area (Å²) in [6.45, 7) is 1.61. The van der Waals surface area contributed by atoms with E-state index in [9.17, 15) is 4.79 Å². The topological polar surface area (TPSA) is 50.8 Å². The highest BCUT2D eigenvalue weighted by atomic mass is 35.5. The third-order valence-electron chi connectivity index (χ3n) is 3.71. The Labute approximate surface area is 132 Å². The Bertz CT molecular complexity index is 482. The maximum Gasteiger partial charge on any atom is 0.258 e. The Kier molecular flexibility index (Phi) is 6.78. The summed E-state index contributed by atoms with van der Waals surface area (Å²) in [5.41, 5.74) is 0.565. The first-order valence-electron chi connectivity index (χ1n) is 6.88. The largest absolute Gasteiger partial charge is 0.497 e. The molecule has 21 heavy (non-hydrogen) atoms. The van der Waals surface area contributed by atoms with Crippen molar-refractivity contribution in [3.05, 3.63) is 23.8 Å². The number of nitrogens with zero attached hydrogens (tertiary/aromatic N) is 1. The number of carbonyl (C=O) groups excluding carboxylic acids is 1. The summed E-state index contributed by atoms with van der Waals surface area (Å²) < 4.78 is 10.5. The average Bonchev–Trinajstić information content (AvgIpc) is 2.94. The van der Waals surface area contributed by atoms with Gasteiger partial charge in [-0.2, -0.15) is 0 Å². The second-order valence-corrected chi connectivity index (χ2v) is 4.92. The van der Waals surface area contributed by atoms with Gasteiger partial charge in [0, 0.05) is 19.1 Å². The molecule has 6 heteroatoms. The maximum atomic E-state index is 12.7. The Morgan fingerprint density at radius 1 is 1.38 bits per heavy atom. The van der Waals surface area contributed by atoms with Gasteiger partial charge in [0.1, 0.15) is 11.5 Å². The summed E-state index contributed by atoms with van der Waals surface area (Å²) in [4.78, 5) is 14.7. The highest BCUT2D eigenvalue weighted by molar-refractivity contribution is 5.97. The van der Waals surface area contributed by atoms with Crippen molar-refractivity contribution in [2.75, 3.05) is 34.4 Å². The fourth-order valence-corrected chi connectivity index (χ4v) is 2.69. The molecule has 1 atom stereocenters. The molecule has 1 amide bonds. The zero-order valence-corrected chi connectivity index (χ0v) is 13.5. The first-order chi connectivity index (χ1) is 9.71. The van der Waals surface area contributed by atoms with Crippen LogP contribution < -0.4 is 14.8 Å². The number of likely N-dealkylation sites (N-methyl/N-ethyl adjacent to an activating group) is 1. The lowest BCUT2D eigenvalue weighted by atomic mass is 10.1. The van der Waals surface area contributed by atoms with Crippen molar-refractivity contribution in [3.8, 4) is 11.5 Å². The molecule has 1 heterocycles. The van der Waals surface area contributed by atoms with Crippen molar-refractivity contribution in [1.29, 1.82) is 0 Å². The molecule has 1 fully saturated rings. The summed E-state index contributed by atoms with van der Waals surface area (Å²) in [7, 11) is 5.08. The number of likely N-dealkylation sites (tertiary alicyclic amines) is 1. The Balaban J connectivity index is 0.00000220. The molecule has 5 nitrogen and oxygen atoms in total. The highest BCUT2D eigenvalue weighted by Crippen LogP contribution is 2.28. The van der Waals surface area contributed by atoms with Gasteiger partial charge in [0.15, 0.2) is 0 Å². The van der Waals surface area contributed by atoms with E-state index in [1.165, 1.54) is 0 Å². The molecule has 0 saturated carbocycles. The van der Waals surface area contributed by atoms with Crippen LogP contribution in [-0.4, -0.2) is 51.2 Å². The van der Waals surface area contributed by atoms with E-state index in [1.54, 1.807) is 32.4 Å². The Morgan fingerprint density at radius 3 is 2.76 bits per heavy atom. The summed E-state index contributed by atoms with van der Waals surface area (Å²) >= 11 is 0. The van der Waals surface area contributed by atoms with Gasteiger partial charge in [0.05, 0.1) is 19.8 Å². The molecule has 0 bridgehead atoms. The Morgan fingerprint density at radius 2 is 2.14 bits per heavy atom. The van der Waals surface area contributed by atoms with Gasteiger partial charge in [-0.05, 0) is 38.1 Å². The van der Waals surface area contributed by atoms with E-state index in [0.717, 1.165) is 25.9 Å². The van der Waals surface area contributed by atoms with Gasteiger partial charge in [0.2, 0.25) is 0 Å². The van der Waals surface area contributed by atoms with E-state index in [0.29, 0.717) is 17.1 Å². The lowest BCUT2D eigenvalue weighted by Gasteiger charge is -2.25. The molecular weight excluding hydrogens is 292 g/mol. The number of carbonyl (C=O) groups is 1. The predicted molar refractivity (Wildman–Crippen MR) is 84.8 cm³/mol. The third kappa shape index (κ3) is 3.80. The van der Waals surface area contributed by atoms with Gasteiger partial charge in [-0.15, -0.1) is 12.4 Å². The second kappa shape index (κ2) is 8.10. The average molecular weight is 315 g/mol. The van der Waals surface area contributed by atoms with Crippen LogP contribution in [0.25, 0.3) is 0 Å². The van der Waals surface area contributed by atoms with Crippen LogP contribution in [-0.2, 0) is 0 Å². The van der Waals surface area contributed by atoms with E-state index >= 15 is 0 Å². The van der Waals surface area contributed by atoms with Crippen molar-refractivity contribution in [2.24, 2.45) is 0 Å². The quantitative estimate of drug-likeness (QED) is 0.902. The first kappa shape index (κ1) is 17.6. The molecule has 0 aromatic heterocycles. The molecule has 1 saturated heterocycles. The molecule has 1 aromatic carbocycles. The summed E-state index contributed by atoms with van der Waals surface area (Å²) in [6.07, 6.45) is 2.09. The van der Waals surface area contributed by atoms with Crippen molar-refractivity contribution >= 4 is 18.3 Å². The van der Waals surface area contributed by atoms with Gasteiger partial charge in [-0.25, -0.2) is 0 Å². The van der Waals surface area contributed by atoms with Crippen molar-refractivity contribution in [1.82, 2.24) is 10.2 Å². The molecule has 2 rings (SSSR count). The molecule has 1 aliphatic rings. The Hall–Kier alpha value is -1.46. The third-order valence-corrected chi connectivity index (χ3v) is 3.71. The lowest BCUT2D eigenvalue weighted by molar-refractivity contribution is 0.0733. The van der Waals surface area contributed by atoms with Crippen LogP contribution in [0.4, 0.5) is 0 Å². The van der Waals surface area contributed by atoms with Crippen molar-refractivity contribution < 1.29 is 14.3 Å². The number of methoxy groups -OCH3 is 2. The van der Waals surface area contributed by atoms with E-state index < -0.39 is 0 Å². The monoisotopic (exact) mass is 314 g/mol. The summed E-state index contributed by atoms with van der Waals surface area (Å²) in [5, 5.41) is 3.15. The van der Waals surface area contributed by atoms with Gasteiger partial charge in [0.25, 0.3) is 5.91 Å². The van der Waals surface area contributed by atoms with Gasteiger partial charge in [-0.3, -0.25) is 4.79 Å². The van der Waals surface area contributed by atoms with Gasteiger partial charge in [-0.1, -0.05) is 0 Å². The van der Waals surface area contributed by atoms with Crippen LogP contribution in [0.2, 0.25) is 0 Å². The van der Waals surface area contributed by atoms with Crippen molar-refractivity contribution in [2.45, 2.75) is 18.9 Å². The first-order valence-corrected chi connectivity index (χ1v) is 6.88. The van der Waals surface area contributed by atoms with Crippen LogP contribution in [0.1, 0.15) is 23.2 Å². The minimum atomic E-state index is 0. The predicted octanol–water partition coefficient (Wildman–Crippen LogP) is 1.95. The number of rotatable bonds is 5. The van der Waals surface area contributed by atoms with Crippen molar-refractivity contribution in [3.63, 3.8) is 0 Å². The molecule has 1 unspecified atom stereocenters. The molecule has 0 spiro atoms. The molecule has 1 N–H and O–H groups in total. The van der Waals surface area contributed by atoms with E-state index in [-0.39, 0.29) is 24.4 Å². The smallest absolute Gasteiger partial charge is 0.258 e. The molecule has 1 aliphatic heterocycles. The SMILES string of the molecule is CNCC1CCCN1C(=O)c1cc(OC)ccc1OC.Cl. The van der Waals surface area contributed by atoms with E-state index in [2.05, 4.69) is 5.32 Å². The molecule has 1 aromatic rings. The van der Waals surface area contributed by atoms with Crippen LogP contribution in [0.3, 0.4) is 0 Å². The minimum Gasteiger partial charge on any atom is -0.497 e. The standard InChI is InChI=1S/C15H22N2O3.ClH/c1-16-10-11-5-4-8-17(11)15(18)13-9-12(19-2)6-7-14(13)20-3;/h6-7,9,11,16H,4-5,8,10H2,1-3H3;1H. The number of hydrogen-bond acceptors (Lipinski definition) is 4. The zero-order valence-electron chi connectivity index (χ0n) is 12.7. The maximum absolute atomic E-state index is 12.7. The normalized spacial score (nSPS) is 17.3. The molecular formula is C15H23ClN2O3.